The third-order valence-corrected chi connectivity index (χ3v) is 2.83. The highest BCUT2D eigenvalue weighted by atomic mass is 19.2. The van der Waals surface area contributed by atoms with Gasteiger partial charge in [-0.1, -0.05) is 0 Å². The van der Waals surface area contributed by atoms with Crippen LogP contribution >= 0.6 is 0 Å². The third kappa shape index (κ3) is 2.24. The Labute approximate surface area is 119 Å². The lowest BCUT2D eigenvalue weighted by atomic mass is 10.00. The number of nitrogens with one attached hydrogen (secondary N) is 1. The van der Waals surface area contributed by atoms with Crippen LogP contribution < -0.4 is 5.56 Å². The summed E-state index contributed by atoms with van der Waals surface area (Å²) in [5.74, 6) is -12.5. The van der Waals surface area contributed by atoms with E-state index in [2.05, 4.69) is 4.74 Å². The number of pyridine rings is 1. The van der Waals surface area contributed by atoms with Crippen LogP contribution in [0.3, 0.4) is 0 Å². The first-order valence-electron chi connectivity index (χ1n) is 5.63. The number of carbonyl (C=O) groups excluding carboxylic acids is 1. The Kier molecular flexibility index (Phi) is 3.98. The summed E-state index contributed by atoms with van der Waals surface area (Å²) in [6, 6.07) is 0.917. The molecule has 0 amide bonds. The van der Waals surface area contributed by atoms with Crippen LogP contribution in [0.15, 0.2) is 17.1 Å². The Hall–Kier alpha value is -2.71. The van der Waals surface area contributed by atoms with E-state index in [1.54, 1.807) is 0 Å². The molecule has 2 aromatic rings. The average Bonchev–Trinajstić information content (AvgIpc) is 2.51. The molecule has 0 aliphatic rings. The van der Waals surface area contributed by atoms with Gasteiger partial charge in [0.2, 0.25) is 5.82 Å². The van der Waals surface area contributed by atoms with Crippen molar-refractivity contribution in [1.29, 1.82) is 0 Å². The van der Waals surface area contributed by atoms with Crippen LogP contribution in [-0.2, 0) is 4.74 Å². The number of hydrogen-bond donors (Lipinski definition) is 1. The van der Waals surface area contributed by atoms with Crippen molar-refractivity contribution in [1.82, 2.24) is 4.98 Å². The highest BCUT2D eigenvalue weighted by Crippen LogP contribution is 2.31. The molecule has 0 unspecified atom stereocenters. The van der Waals surface area contributed by atoms with Crippen molar-refractivity contribution >= 4 is 5.97 Å². The summed E-state index contributed by atoms with van der Waals surface area (Å²) in [7, 11) is 0.922. The molecule has 0 fully saturated rings. The van der Waals surface area contributed by atoms with Gasteiger partial charge in [-0.2, -0.15) is 0 Å². The fraction of sp³-hybridized carbons (Fsp3) is 0.0769. The van der Waals surface area contributed by atoms with Crippen molar-refractivity contribution in [3.63, 3.8) is 0 Å². The van der Waals surface area contributed by atoms with Crippen molar-refractivity contribution in [2.45, 2.75) is 0 Å². The molecule has 1 heterocycles. The highest BCUT2D eigenvalue weighted by molar-refractivity contribution is 5.97. The topological polar surface area (TPSA) is 59.2 Å². The van der Waals surface area contributed by atoms with E-state index in [1.165, 1.54) is 0 Å². The predicted molar refractivity (Wildman–Crippen MR) is 63.6 cm³/mol. The van der Waals surface area contributed by atoms with Crippen LogP contribution in [0, 0.1) is 29.1 Å². The van der Waals surface area contributed by atoms with Gasteiger partial charge in [-0.15, -0.1) is 0 Å². The molecule has 0 saturated carbocycles. The second-order valence-corrected chi connectivity index (χ2v) is 4.03. The zero-order valence-electron chi connectivity index (χ0n) is 10.8. The standard InChI is InChI=1S/C13H6F5NO3/c1-22-13(21)4-2-3-19-12(20)5(4)6-7(14)9(16)11(18)10(17)8(6)15/h2-3H,1H3,(H,19,20). The van der Waals surface area contributed by atoms with Crippen LogP contribution in [0.5, 0.6) is 0 Å². The molecule has 1 N–H and O–H groups in total. The lowest BCUT2D eigenvalue weighted by molar-refractivity contribution is 0.0601. The summed E-state index contributed by atoms with van der Waals surface area (Å²) in [5.41, 5.74) is -4.37. The maximum Gasteiger partial charge on any atom is 0.338 e. The second kappa shape index (κ2) is 5.58. The molecule has 1 aromatic carbocycles. The molecule has 0 spiro atoms. The van der Waals surface area contributed by atoms with E-state index in [4.69, 9.17) is 0 Å². The second-order valence-electron chi connectivity index (χ2n) is 4.03. The van der Waals surface area contributed by atoms with Crippen LogP contribution in [-0.4, -0.2) is 18.1 Å². The van der Waals surface area contributed by atoms with Gasteiger partial charge in [0, 0.05) is 6.20 Å². The maximum absolute atomic E-state index is 13.8. The van der Waals surface area contributed by atoms with Gasteiger partial charge >= 0.3 is 5.97 Å². The molecule has 0 aliphatic heterocycles. The van der Waals surface area contributed by atoms with Crippen molar-refractivity contribution in [2.24, 2.45) is 0 Å². The number of halogens is 5. The normalized spacial score (nSPS) is 10.6. The number of aromatic nitrogens is 1. The van der Waals surface area contributed by atoms with Gasteiger partial charge in [0.05, 0.1) is 23.8 Å². The van der Waals surface area contributed by atoms with E-state index in [-0.39, 0.29) is 0 Å². The van der Waals surface area contributed by atoms with Gasteiger partial charge in [0.15, 0.2) is 23.3 Å². The van der Waals surface area contributed by atoms with E-state index in [9.17, 15) is 31.5 Å². The molecular weight excluding hydrogens is 313 g/mol. The summed E-state index contributed by atoms with van der Waals surface area (Å²) in [5, 5.41) is 0. The first kappa shape index (κ1) is 15.7. The largest absolute Gasteiger partial charge is 0.465 e. The Morgan fingerprint density at radius 1 is 0.955 bits per heavy atom. The van der Waals surface area contributed by atoms with Crippen molar-refractivity contribution in [3.8, 4) is 11.1 Å². The average molecular weight is 319 g/mol. The van der Waals surface area contributed by atoms with E-state index < -0.39 is 57.3 Å². The van der Waals surface area contributed by atoms with E-state index in [0.717, 1.165) is 19.4 Å². The summed E-state index contributed by atoms with van der Waals surface area (Å²) in [4.78, 5) is 25.3. The molecule has 2 rings (SSSR count). The lowest BCUT2D eigenvalue weighted by Gasteiger charge is -2.10. The van der Waals surface area contributed by atoms with Gasteiger partial charge < -0.3 is 9.72 Å². The zero-order chi connectivity index (χ0) is 16.6. The van der Waals surface area contributed by atoms with Gasteiger partial charge in [0.1, 0.15) is 0 Å². The summed E-state index contributed by atoms with van der Waals surface area (Å²) in [6.07, 6.45) is 0.962. The Balaban J connectivity index is 2.96. The number of rotatable bonds is 2. The monoisotopic (exact) mass is 319 g/mol. The Morgan fingerprint density at radius 2 is 1.45 bits per heavy atom. The van der Waals surface area contributed by atoms with Crippen LogP contribution in [0.4, 0.5) is 22.0 Å². The smallest absolute Gasteiger partial charge is 0.338 e. The summed E-state index contributed by atoms with van der Waals surface area (Å²) < 4.78 is 71.4. The Morgan fingerprint density at radius 3 is 1.95 bits per heavy atom. The number of aromatic amines is 1. The molecule has 0 saturated heterocycles. The molecule has 0 atom stereocenters. The van der Waals surface area contributed by atoms with E-state index in [0.29, 0.717) is 0 Å². The van der Waals surface area contributed by atoms with Gasteiger partial charge in [-0.25, -0.2) is 26.7 Å². The van der Waals surface area contributed by atoms with Crippen LogP contribution in [0.1, 0.15) is 10.4 Å². The van der Waals surface area contributed by atoms with Gasteiger partial charge in [0.25, 0.3) is 5.56 Å². The number of benzene rings is 1. The molecule has 1 aromatic heterocycles. The number of carbonyl (C=O) groups is 1. The molecule has 9 heteroatoms. The third-order valence-electron chi connectivity index (χ3n) is 2.83. The van der Waals surface area contributed by atoms with Gasteiger partial charge in [-0.05, 0) is 6.07 Å². The fourth-order valence-electron chi connectivity index (χ4n) is 1.83. The number of methoxy groups -OCH3 is 1. The van der Waals surface area contributed by atoms with E-state index in [1.807, 2.05) is 4.98 Å². The van der Waals surface area contributed by atoms with Gasteiger partial charge in [-0.3, -0.25) is 4.79 Å². The molecule has 0 bridgehead atoms. The molecule has 0 aliphatic carbocycles. The molecule has 0 radical (unpaired) electrons. The molecular formula is C13H6F5NO3. The van der Waals surface area contributed by atoms with Crippen molar-refractivity contribution in [3.05, 3.63) is 57.3 Å². The quantitative estimate of drug-likeness (QED) is 0.400. The van der Waals surface area contributed by atoms with Crippen molar-refractivity contribution < 1.29 is 31.5 Å². The fourth-order valence-corrected chi connectivity index (χ4v) is 1.83. The molecule has 22 heavy (non-hydrogen) atoms. The first-order chi connectivity index (χ1) is 10.3. The minimum atomic E-state index is -2.37. The van der Waals surface area contributed by atoms with Crippen LogP contribution in [0.25, 0.3) is 11.1 Å². The SMILES string of the molecule is COC(=O)c1cc[nH]c(=O)c1-c1c(F)c(F)c(F)c(F)c1F. The number of hydrogen-bond acceptors (Lipinski definition) is 3. The van der Waals surface area contributed by atoms with Crippen LogP contribution in [0.2, 0.25) is 0 Å². The van der Waals surface area contributed by atoms with E-state index >= 15 is 0 Å². The minimum Gasteiger partial charge on any atom is -0.465 e. The first-order valence-corrected chi connectivity index (χ1v) is 5.63. The Bertz CT molecular complexity index is 802. The number of esters is 1. The predicted octanol–water partition coefficient (Wildman–Crippen LogP) is 2.52. The summed E-state index contributed by atoms with van der Waals surface area (Å²) in [6.45, 7) is 0. The number of ether oxygens (including phenoxy) is 1. The number of H-pyrrole nitrogens is 1. The highest BCUT2D eigenvalue weighted by Gasteiger charge is 2.30. The molecule has 4 nitrogen and oxygen atoms in total. The van der Waals surface area contributed by atoms with Crippen molar-refractivity contribution in [2.75, 3.05) is 7.11 Å². The maximum atomic E-state index is 13.8. The lowest BCUT2D eigenvalue weighted by Crippen LogP contribution is -2.18. The molecule has 116 valence electrons. The zero-order valence-corrected chi connectivity index (χ0v) is 10.8. The summed E-state index contributed by atoms with van der Waals surface area (Å²) >= 11 is 0. The minimum absolute atomic E-state index is 0.644.